The van der Waals surface area contributed by atoms with Crippen molar-refractivity contribution in [3.05, 3.63) is 44.4 Å². The van der Waals surface area contributed by atoms with Crippen LogP contribution < -0.4 is 15.0 Å². The standard InChI is InChI=1S/C26H32BrN9O2/c1-2-34-24(37)22-23(36-20-10-6-9-19(20)31-26(34)36)32-25(30-17-7-4-3-5-8-17)35(22)14-16-11-12-21(18(27)13-16)38-15-29-33-28/h11-13,17,19-20H,2-10,14-15H2,1H3,(H,30,32)/t19-,20+/m1/s1. The second-order valence-electron chi connectivity index (χ2n) is 10.4. The van der Waals surface area contributed by atoms with Crippen LogP contribution in [0.15, 0.2) is 32.8 Å². The summed E-state index contributed by atoms with van der Waals surface area (Å²) in [5.41, 5.74) is 10.1. The van der Waals surface area contributed by atoms with E-state index in [1.54, 1.807) is 0 Å². The number of aliphatic imine (C=N–C) groups is 1. The Morgan fingerprint density at radius 1 is 1.21 bits per heavy atom. The van der Waals surface area contributed by atoms with Gasteiger partial charge in [-0.3, -0.25) is 19.2 Å². The Hall–Kier alpha value is -3.24. The number of carbonyl (C=O) groups is 1. The van der Waals surface area contributed by atoms with Gasteiger partial charge in [-0.15, -0.1) is 0 Å². The Kier molecular flexibility index (Phi) is 6.92. The van der Waals surface area contributed by atoms with E-state index >= 15 is 0 Å². The van der Waals surface area contributed by atoms with Crippen LogP contribution in [0.5, 0.6) is 5.75 Å². The average molecular weight is 583 g/mol. The largest absolute Gasteiger partial charge is 0.486 e. The van der Waals surface area contributed by atoms with E-state index in [2.05, 4.69) is 40.7 Å². The molecule has 2 fully saturated rings. The Balaban J connectivity index is 1.40. The summed E-state index contributed by atoms with van der Waals surface area (Å²) < 4.78 is 8.34. The van der Waals surface area contributed by atoms with Gasteiger partial charge in [0.05, 0.1) is 23.1 Å². The maximum absolute atomic E-state index is 14.0. The van der Waals surface area contributed by atoms with Gasteiger partial charge in [-0.25, -0.2) is 4.99 Å². The number of nitrogens with one attached hydrogen (secondary N) is 1. The maximum Gasteiger partial charge on any atom is 0.281 e. The molecule has 0 saturated heterocycles. The molecule has 0 unspecified atom stereocenters. The molecule has 4 aliphatic rings. The summed E-state index contributed by atoms with van der Waals surface area (Å²) in [4.78, 5) is 30.8. The SMILES string of the molecule is CCN1C(=O)c2c(nc(NC3CCCCC3)n2Cc2ccc(OCN=[N+]=[N-])c(Br)c2)N2C1=N[C@@H]1CCC[C@@H]12. The highest BCUT2D eigenvalue weighted by Crippen LogP contribution is 2.42. The van der Waals surface area contributed by atoms with Gasteiger partial charge < -0.3 is 10.1 Å². The van der Waals surface area contributed by atoms with E-state index in [0.717, 1.165) is 59.9 Å². The van der Waals surface area contributed by atoms with Crippen LogP contribution in [0, 0.1) is 0 Å². The minimum Gasteiger partial charge on any atom is -0.486 e. The zero-order valence-corrected chi connectivity index (χ0v) is 23.1. The van der Waals surface area contributed by atoms with E-state index in [0.29, 0.717) is 30.6 Å². The van der Waals surface area contributed by atoms with Gasteiger partial charge >= 0.3 is 0 Å². The number of anilines is 2. The molecule has 6 rings (SSSR count). The molecule has 2 atom stereocenters. The first kappa shape index (κ1) is 25.1. The first-order chi connectivity index (χ1) is 18.6. The highest BCUT2D eigenvalue weighted by molar-refractivity contribution is 9.10. The Morgan fingerprint density at radius 2 is 2.05 bits per heavy atom. The zero-order chi connectivity index (χ0) is 26.2. The van der Waals surface area contributed by atoms with Gasteiger partial charge in [0.1, 0.15) is 5.75 Å². The van der Waals surface area contributed by atoms with Crippen LogP contribution in [0.25, 0.3) is 10.4 Å². The van der Waals surface area contributed by atoms with Gasteiger partial charge in [-0.1, -0.05) is 30.4 Å². The van der Waals surface area contributed by atoms with Crippen molar-refractivity contribution in [3.63, 3.8) is 0 Å². The number of amides is 1. The third kappa shape index (κ3) is 4.39. The summed E-state index contributed by atoms with van der Waals surface area (Å²) >= 11 is 3.58. The van der Waals surface area contributed by atoms with Crippen molar-refractivity contribution in [3.8, 4) is 5.75 Å². The maximum atomic E-state index is 14.0. The summed E-state index contributed by atoms with van der Waals surface area (Å²) in [6, 6.07) is 6.62. The van der Waals surface area contributed by atoms with Gasteiger partial charge in [0, 0.05) is 17.5 Å². The minimum absolute atomic E-state index is 0.0462. The number of fused-ring (bicyclic) bond motifs is 5. The number of hydrogen-bond acceptors (Lipinski definition) is 7. The molecule has 2 saturated carbocycles. The van der Waals surface area contributed by atoms with Crippen molar-refractivity contribution in [1.82, 2.24) is 14.5 Å². The molecule has 0 bridgehead atoms. The normalized spacial score (nSPS) is 22.5. The average Bonchev–Trinajstić information content (AvgIpc) is 3.60. The second kappa shape index (κ2) is 10.5. The molecule has 1 amide bonds. The molecule has 1 aromatic heterocycles. The predicted molar refractivity (Wildman–Crippen MR) is 149 cm³/mol. The van der Waals surface area contributed by atoms with Crippen LogP contribution in [0.3, 0.4) is 0 Å². The topological polar surface area (TPSA) is 124 Å². The van der Waals surface area contributed by atoms with Crippen LogP contribution in [0.2, 0.25) is 0 Å². The minimum atomic E-state index is -0.0812. The first-order valence-corrected chi connectivity index (χ1v) is 14.4. The number of rotatable bonds is 8. The molecule has 1 aromatic carbocycles. The van der Waals surface area contributed by atoms with Gasteiger partial charge in [0.15, 0.2) is 18.2 Å². The van der Waals surface area contributed by atoms with Crippen molar-refractivity contribution in [2.24, 2.45) is 10.1 Å². The third-order valence-corrected chi connectivity index (χ3v) is 8.69. The molecule has 38 heavy (non-hydrogen) atoms. The summed E-state index contributed by atoms with van der Waals surface area (Å²) in [5.74, 6) is 2.79. The fraction of sp³-hybridized carbons (Fsp3) is 0.577. The van der Waals surface area contributed by atoms with Crippen molar-refractivity contribution in [2.45, 2.75) is 83.0 Å². The van der Waals surface area contributed by atoms with Gasteiger partial charge in [0.2, 0.25) is 11.9 Å². The molecule has 200 valence electrons. The second-order valence-corrected chi connectivity index (χ2v) is 11.2. The Bertz CT molecular complexity index is 1310. The molecule has 2 aromatic rings. The summed E-state index contributed by atoms with van der Waals surface area (Å²) in [6.45, 7) is 2.96. The predicted octanol–water partition coefficient (Wildman–Crippen LogP) is 5.66. The lowest BCUT2D eigenvalue weighted by Gasteiger charge is -2.35. The molecule has 1 N–H and O–H groups in total. The zero-order valence-electron chi connectivity index (χ0n) is 21.5. The summed E-state index contributed by atoms with van der Waals surface area (Å²) in [6.07, 6.45) is 9.16. The van der Waals surface area contributed by atoms with E-state index in [1.807, 2.05) is 30.0 Å². The highest BCUT2D eigenvalue weighted by Gasteiger charge is 2.49. The molecule has 2 aliphatic heterocycles. The molecular weight excluding hydrogens is 550 g/mol. The number of ether oxygens (including phenoxy) is 1. The lowest BCUT2D eigenvalue weighted by Crippen LogP contribution is -2.53. The molecule has 11 nitrogen and oxygen atoms in total. The fourth-order valence-corrected chi connectivity index (χ4v) is 6.81. The number of azide groups is 1. The van der Waals surface area contributed by atoms with E-state index in [-0.39, 0.29) is 24.7 Å². The summed E-state index contributed by atoms with van der Waals surface area (Å²) in [7, 11) is 0. The number of halogens is 1. The molecular formula is C26H32BrN9O2. The molecule has 2 aliphatic carbocycles. The number of aromatic nitrogens is 2. The molecule has 0 radical (unpaired) electrons. The number of nitrogens with zero attached hydrogens (tertiary/aromatic N) is 8. The number of benzene rings is 1. The van der Waals surface area contributed by atoms with E-state index in [9.17, 15) is 4.79 Å². The van der Waals surface area contributed by atoms with Crippen LogP contribution >= 0.6 is 15.9 Å². The van der Waals surface area contributed by atoms with Crippen LogP contribution in [0.1, 0.15) is 74.3 Å². The smallest absolute Gasteiger partial charge is 0.281 e. The molecule has 3 heterocycles. The lowest BCUT2D eigenvalue weighted by molar-refractivity contribution is 0.0836. The van der Waals surface area contributed by atoms with E-state index in [4.69, 9.17) is 20.2 Å². The first-order valence-electron chi connectivity index (χ1n) is 13.6. The van der Waals surface area contributed by atoms with E-state index < -0.39 is 0 Å². The van der Waals surface area contributed by atoms with Crippen LogP contribution in [-0.2, 0) is 6.54 Å². The van der Waals surface area contributed by atoms with E-state index in [1.165, 1.54) is 19.3 Å². The quantitative estimate of drug-likeness (QED) is 0.245. The summed E-state index contributed by atoms with van der Waals surface area (Å²) in [5, 5.41) is 7.15. The number of imidazole rings is 1. The van der Waals surface area contributed by atoms with Crippen LogP contribution in [0.4, 0.5) is 11.8 Å². The Morgan fingerprint density at radius 3 is 2.82 bits per heavy atom. The lowest BCUT2D eigenvalue weighted by atomic mass is 9.96. The third-order valence-electron chi connectivity index (χ3n) is 8.07. The van der Waals surface area contributed by atoms with Crippen molar-refractivity contribution in [2.75, 3.05) is 23.5 Å². The molecule has 12 heteroatoms. The molecule has 0 spiro atoms. The number of guanidine groups is 1. The van der Waals surface area contributed by atoms with Crippen molar-refractivity contribution >= 4 is 39.6 Å². The number of hydrogen-bond donors (Lipinski definition) is 1. The highest BCUT2D eigenvalue weighted by atomic mass is 79.9. The van der Waals surface area contributed by atoms with Gasteiger partial charge in [0.25, 0.3) is 5.91 Å². The van der Waals surface area contributed by atoms with Crippen molar-refractivity contribution in [1.29, 1.82) is 0 Å². The van der Waals surface area contributed by atoms with Gasteiger partial charge in [-0.05, 0) is 78.2 Å². The monoisotopic (exact) mass is 581 g/mol. The van der Waals surface area contributed by atoms with Crippen molar-refractivity contribution < 1.29 is 9.53 Å². The Labute approximate surface area is 230 Å². The van der Waals surface area contributed by atoms with Crippen LogP contribution in [-0.4, -0.2) is 57.7 Å². The fourth-order valence-electron chi connectivity index (χ4n) is 6.27. The number of carbonyl (C=O) groups excluding carboxylic acids is 1. The van der Waals surface area contributed by atoms with Gasteiger partial charge in [-0.2, -0.15) is 4.98 Å².